The van der Waals surface area contributed by atoms with E-state index in [9.17, 15) is 0 Å². The van der Waals surface area contributed by atoms with E-state index in [1.54, 1.807) is 0 Å². The zero-order valence-electron chi connectivity index (χ0n) is 38.2. The predicted molar refractivity (Wildman–Crippen MR) is 302 cm³/mol. The van der Waals surface area contributed by atoms with Crippen LogP contribution in [0.5, 0.6) is 0 Å². The number of para-hydroxylation sites is 2. The molecule has 0 spiro atoms. The minimum atomic E-state index is -2.96. The van der Waals surface area contributed by atoms with Gasteiger partial charge in [0.15, 0.2) is 8.07 Å². The number of thiophene rings is 1. The van der Waals surface area contributed by atoms with Gasteiger partial charge in [-0.3, -0.25) is 0 Å². The second kappa shape index (κ2) is 16.3. The molecule has 0 N–H and O–H groups in total. The number of hydrogen-bond acceptors (Lipinski definition) is 1. The Balaban J connectivity index is 1.04. The number of hydrogen-bond donors (Lipinski definition) is 0. The van der Waals surface area contributed by atoms with Gasteiger partial charge in [0.25, 0.3) is 0 Å². The molecule has 0 radical (unpaired) electrons. The number of rotatable bonds is 8. The zero-order valence-corrected chi connectivity index (χ0v) is 40.0. The Morgan fingerprint density at radius 1 is 0.300 bits per heavy atom. The van der Waals surface area contributed by atoms with Crippen LogP contribution in [0.4, 0.5) is 0 Å². The summed E-state index contributed by atoms with van der Waals surface area (Å²) in [7, 11) is -2.96. The average Bonchev–Trinajstić information content (AvgIpc) is 4.10. The normalized spacial score (nSPS) is 12.0. The van der Waals surface area contributed by atoms with Gasteiger partial charge in [0, 0.05) is 53.1 Å². The Morgan fingerprint density at radius 3 is 1.47 bits per heavy atom. The molecule has 0 aliphatic carbocycles. The van der Waals surface area contributed by atoms with E-state index < -0.39 is 8.07 Å². The largest absolute Gasteiger partial charge is 0.309 e. The first-order chi connectivity index (χ1) is 34.8. The third kappa shape index (κ3) is 6.10. The Labute approximate surface area is 411 Å². The highest BCUT2D eigenvalue weighted by Crippen LogP contribution is 2.43. The summed E-state index contributed by atoms with van der Waals surface area (Å²) in [6.07, 6.45) is 0. The number of fused-ring (bicyclic) bond motifs is 9. The topological polar surface area (TPSA) is 9.86 Å². The average molecular weight is 925 g/mol. The van der Waals surface area contributed by atoms with E-state index in [0.717, 1.165) is 5.69 Å². The van der Waals surface area contributed by atoms with Crippen LogP contribution in [0.25, 0.3) is 97.4 Å². The molecule has 0 bridgehead atoms. The monoisotopic (exact) mass is 924 g/mol. The highest BCUT2D eigenvalue weighted by Gasteiger charge is 2.43. The van der Waals surface area contributed by atoms with E-state index in [-0.39, 0.29) is 0 Å². The third-order valence-corrected chi connectivity index (χ3v) is 20.9. The van der Waals surface area contributed by atoms with Crippen LogP contribution >= 0.6 is 11.3 Å². The Bertz CT molecular complexity index is 4190. The fraction of sp³-hybridized carbons (Fsp3) is 0. The minimum absolute atomic E-state index is 1.14. The first-order valence-electron chi connectivity index (χ1n) is 24.1. The van der Waals surface area contributed by atoms with Crippen LogP contribution in [-0.2, 0) is 0 Å². The molecule has 0 saturated heterocycles. The van der Waals surface area contributed by atoms with Crippen LogP contribution in [0.2, 0.25) is 0 Å². The summed E-state index contributed by atoms with van der Waals surface area (Å²) >= 11 is 1.94. The van der Waals surface area contributed by atoms with Crippen molar-refractivity contribution in [1.29, 1.82) is 0 Å². The van der Waals surface area contributed by atoms with Crippen LogP contribution in [0.1, 0.15) is 0 Å². The lowest BCUT2D eigenvalue weighted by Crippen LogP contribution is -2.74. The van der Waals surface area contributed by atoms with Gasteiger partial charge in [-0.25, -0.2) is 0 Å². The Morgan fingerprint density at radius 2 is 0.786 bits per heavy atom. The summed E-state index contributed by atoms with van der Waals surface area (Å²) in [4.78, 5) is 0. The van der Waals surface area contributed by atoms with Crippen LogP contribution in [0, 0.1) is 0 Å². The minimum Gasteiger partial charge on any atom is -0.309 e. The quantitative estimate of drug-likeness (QED) is 0.106. The molecule has 0 atom stereocenters. The number of aromatic nitrogens is 2. The van der Waals surface area contributed by atoms with E-state index in [0.29, 0.717) is 0 Å². The highest BCUT2D eigenvalue weighted by molar-refractivity contribution is 7.30. The van der Waals surface area contributed by atoms with Crippen molar-refractivity contribution < 1.29 is 0 Å². The SMILES string of the molecule is c1ccc(-c2ccccc2-c2cccc3c2c2ccccc2n3-c2ccc3c(c2)c2ccccc2n3-c2cc([Si](c3ccccc3)(c3ccccc3)c3ccccc3)c3sc4ccccc4c3c2)cc1. The predicted octanol–water partition coefficient (Wildman–Crippen LogP) is 15.0. The van der Waals surface area contributed by atoms with Crippen molar-refractivity contribution in [2.24, 2.45) is 0 Å². The molecule has 11 aromatic carbocycles. The summed E-state index contributed by atoms with van der Waals surface area (Å²) in [5, 5.41) is 13.1. The van der Waals surface area contributed by atoms with Crippen molar-refractivity contribution in [3.8, 4) is 33.6 Å². The Kier molecular flexibility index (Phi) is 9.44. The van der Waals surface area contributed by atoms with E-state index in [1.165, 1.54) is 112 Å². The summed E-state index contributed by atoms with van der Waals surface area (Å²) in [6.45, 7) is 0. The molecule has 4 heteroatoms. The molecule has 3 heterocycles. The van der Waals surface area contributed by atoms with E-state index >= 15 is 0 Å². The molecule has 328 valence electrons. The van der Waals surface area contributed by atoms with E-state index in [1.807, 2.05) is 11.3 Å². The van der Waals surface area contributed by atoms with E-state index in [4.69, 9.17) is 0 Å². The second-order valence-electron chi connectivity index (χ2n) is 18.3. The molecule has 2 nitrogen and oxygen atoms in total. The lowest BCUT2D eigenvalue weighted by Gasteiger charge is -2.35. The first-order valence-corrected chi connectivity index (χ1v) is 26.9. The number of nitrogens with zero attached hydrogens (tertiary/aromatic N) is 2. The molecule has 0 aliphatic heterocycles. The first kappa shape index (κ1) is 40.5. The zero-order chi connectivity index (χ0) is 46.2. The summed E-state index contributed by atoms with van der Waals surface area (Å²) in [6, 6.07) is 99.5. The van der Waals surface area contributed by atoms with Gasteiger partial charge < -0.3 is 9.13 Å². The molecule has 0 amide bonds. The molecular weight excluding hydrogens is 881 g/mol. The molecule has 0 fully saturated rings. The molecule has 14 rings (SSSR count). The summed E-state index contributed by atoms with van der Waals surface area (Å²) < 4.78 is 7.67. The van der Waals surface area contributed by atoms with E-state index in [2.05, 4.69) is 276 Å². The lowest BCUT2D eigenvalue weighted by molar-refractivity contribution is 1.17. The van der Waals surface area contributed by atoms with Crippen LogP contribution in [-0.4, -0.2) is 17.2 Å². The molecular formula is C66H44N2SSi. The fourth-order valence-electron chi connectivity index (χ4n) is 11.7. The van der Waals surface area contributed by atoms with Crippen molar-refractivity contribution >= 4 is 104 Å². The van der Waals surface area contributed by atoms with Gasteiger partial charge in [0.1, 0.15) is 0 Å². The van der Waals surface area contributed by atoms with Crippen LogP contribution in [0.15, 0.2) is 267 Å². The highest BCUT2D eigenvalue weighted by atomic mass is 32.1. The maximum atomic E-state index is 2.57. The molecule has 14 aromatic rings. The van der Waals surface area contributed by atoms with Crippen molar-refractivity contribution in [3.63, 3.8) is 0 Å². The van der Waals surface area contributed by atoms with Gasteiger partial charge in [0.2, 0.25) is 0 Å². The van der Waals surface area contributed by atoms with Gasteiger partial charge in [0.05, 0.1) is 22.1 Å². The van der Waals surface area contributed by atoms with Crippen LogP contribution in [0.3, 0.4) is 0 Å². The summed E-state index contributed by atoms with van der Waals surface area (Å²) in [5.41, 5.74) is 12.0. The molecule has 3 aromatic heterocycles. The van der Waals surface area contributed by atoms with Gasteiger partial charge in [-0.1, -0.05) is 212 Å². The standard InChI is InChI=1S/C66H44N2SSi/c1-5-22-45(23-6-1)51-30-13-14-31-52(51)55-35-21-38-62-65(55)56-34-16-19-37-60(56)67(62)46-40-41-61-57(42-46)53-32-15-18-36-59(53)68(61)47-43-58-54-33-17-20-39-63(54)69-66(58)64(44-47)70(48-24-7-2-8-25-48,49-26-9-3-10-27-49)50-28-11-4-12-29-50/h1-44H. The van der Waals surface area contributed by atoms with Crippen molar-refractivity contribution in [3.05, 3.63) is 267 Å². The molecule has 70 heavy (non-hydrogen) atoms. The Hall–Kier alpha value is -8.54. The molecule has 0 unspecified atom stereocenters. The third-order valence-electron chi connectivity index (χ3n) is 14.7. The van der Waals surface area contributed by atoms with Crippen molar-refractivity contribution in [2.45, 2.75) is 0 Å². The van der Waals surface area contributed by atoms with Gasteiger partial charge in [-0.05, 0) is 97.6 Å². The second-order valence-corrected chi connectivity index (χ2v) is 23.2. The number of benzene rings is 11. The maximum absolute atomic E-state index is 2.96. The fourth-order valence-corrected chi connectivity index (χ4v) is 18.3. The van der Waals surface area contributed by atoms with Crippen molar-refractivity contribution in [2.75, 3.05) is 0 Å². The molecule has 0 saturated carbocycles. The van der Waals surface area contributed by atoms with Gasteiger partial charge in [-0.15, -0.1) is 11.3 Å². The maximum Gasteiger partial charge on any atom is 0.181 e. The smallest absolute Gasteiger partial charge is 0.181 e. The van der Waals surface area contributed by atoms with Crippen LogP contribution < -0.4 is 20.7 Å². The van der Waals surface area contributed by atoms with Crippen molar-refractivity contribution in [1.82, 2.24) is 9.13 Å². The lowest BCUT2D eigenvalue weighted by atomic mass is 9.92. The van der Waals surface area contributed by atoms with Gasteiger partial charge in [-0.2, -0.15) is 0 Å². The molecule has 0 aliphatic rings. The summed E-state index contributed by atoms with van der Waals surface area (Å²) in [5.74, 6) is 0. The van der Waals surface area contributed by atoms with Gasteiger partial charge >= 0.3 is 0 Å².